The maximum Gasteiger partial charge on any atom is 0.418 e. The molecule has 3 aromatic rings. The molecule has 0 fully saturated rings. The van der Waals surface area contributed by atoms with Crippen LogP contribution in [-0.2, 0) is 42.4 Å². The lowest BCUT2D eigenvalue weighted by Crippen LogP contribution is -2.43. The number of carboxylic acid groups (broad SMARTS) is 1. The van der Waals surface area contributed by atoms with Crippen molar-refractivity contribution >= 4 is 17.6 Å². The number of nitrogens with one attached hydrogen (secondary N) is 2. The second-order valence-corrected chi connectivity index (χ2v) is 10.7. The molecule has 0 radical (unpaired) electrons. The first-order chi connectivity index (χ1) is 21.3. The molecule has 46 heavy (non-hydrogen) atoms. The average Bonchev–Trinajstić information content (AvgIpc) is 3.43. The van der Waals surface area contributed by atoms with E-state index >= 15 is 0 Å². The molecular weight excluding hydrogens is 634 g/mol. The molecule has 3 N–H and O–H groups in total. The fourth-order valence-electron chi connectivity index (χ4n) is 5.33. The standard InChI is InChI=1S/C30H27F8N3O5/c1-4-23(30(36,37)38)39-15-8-20(31)25(21(32)9-15)26(42)40-22(28(44)45)7-14-5-6-16(18-12-46-11-17(14)18)24-13(2)19(29(33,34)35)10-41(3)27(24)43/h5-6,8-10,22-23,39H,4,7,11-12H2,1-3H3,(H,40,42)(H,44,45). The second-order valence-electron chi connectivity index (χ2n) is 10.7. The smallest absolute Gasteiger partial charge is 0.418 e. The van der Waals surface area contributed by atoms with E-state index in [1.54, 1.807) is 0 Å². The number of pyridine rings is 1. The third kappa shape index (κ3) is 6.85. The number of aliphatic carboxylic acids is 1. The zero-order valence-electron chi connectivity index (χ0n) is 24.4. The minimum atomic E-state index is -4.76. The molecule has 1 aliphatic heterocycles. The number of ether oxygens (including phenoxy) is 1. The van der Waals surface area contributed by atoms with E-state index in [2.05, 4.69) is 0 Å². The van der Waals surface area contributed by atoms with E-state index < -0.39 is 83.2 Å². The summed E-state index contributed by atoms with van der Waals surface area (Å²) in [4.78, 5) is 37.9. The third-order valence-electron chi connectivity index (χ3n) is 7.67. The molecule has 1 amide bonds. The van der Waals surface area contributed by atoms with Gasteiger partial charge in [0.05, 0.1) is 24.3 Å². The van der Waals surface area contributed by atoms with Crippen molar-refractivity contribution in [1.82, 2.24) is 9.88 Å². The predicted octanol–water partition coefficient (Wildman–Crippen LogP) is 5.87. The van der Waals surface area contributed by atoms with Crippen molar-refractivity contribution in [2.45, 2.75) is 64.3 Å². The summed E-state index contributed by atoms with van der Waals surface area (Å²) in [5.41, 5.74) is -2.99. The Kier molecular flexibility index (Phi) is 9.52. The number of alkyl halides is 6. The molecule has 0 saturated heterocycles. The Morgan fingerprint density at radius 2 is 1.65 bits per heavy atom. The third-order valence-corrected chi connectivity index (χ3v) is 7.67. The summed E-state index contributed by atoms with van der Waals surface area (Å²) >= 11 is 0. The number of rotatable bonds is 9. The highest BCUT2D eigenvalue weighted by Gasteiger charge is 2.39. The minimum Gasteiger partial charge on any atom is -0.480 e. The van der Waals surface area contributed by atoms with Gasteiger partial charge >= 0.3 is 18.3 Å². The number of carbonyl (C=O) groups excluding carboxylic acids is 1. The van der Waals surface area contributed by atoms with Crippen LogP contribution in [0.4, 0.5) is 40.8 Å². The first-order valence-electron chi connectivity index (χ1n) is 13.7. The summed E-state index contributed by atoms with van der Waals surface area (Å²) in [6, 6.07) is -0.256. The number of hydrogen-bond donors (Lipinski definition) is 3. The van der Waals surface area contributed by atoms with Crippen molar-refractivity contribution in [3.8, 4) is 11.1 Å². The SMILES string of the molecule is CCC(Nc1cc(F)c(C(=O)NC(Cc2ccc(-c3c(C)c(C(F)(F)F)cn(C)c3=O)c3c2COC3)C(=O)O)c(F)c1)C(F)(F)F. The molecule has 2 unspecified atom stereocenters. The normalized spacial score (nSPS) is 14.5. The molecule has 0 bridgehead atoms. The number of carboxylic acids is 1. The number of fused-ring (bicyclic) bond motifs is 1. The Hall–Kier alpha value is -4.47. The van der Waals surface area contributed by atoms with E-state index in [9.17, 15) is 54.6 Å². The van der Waals surface area contributed by atoms with Crippen LogP contribution in [0, 0.1) is 18.6 Å². The first-order valence-corrected chi connectivity index (χ1v) is 13.7. The van der Waals surface area contributed by atoms with Gasteiger partial charge in [-0.3, -0.25) is 9.59 Å². The van der Waals surface area contributed by atoms with Gasteiger partial charge in [-0.15, -0.1) is 0 Å². The Morgan fingerprint density at radius 1 is 1.04 bits per heavy atom. The number of aryl methyl sites for hydroxylation is 1. The molecule has 248 valence electrons. The molecule has 0 saturated carbocycles. The Morgan fingerprint density at radius 3 is 2.20 bits per heavy atom. The van der Waals surface area contributed by atoms with Crippen molar-refractivity contribution in [1.29, 1.82) is 0 Å². The molecule has 0 aliphatic carbocycles. The van der Waals surface area contributed by atoms with Crippen LogP contribution >= 0.6 is 0 Å². The lowest BCUT2D eigenvalue weighted by atomic mass is 9.89. The zero-order chi connectivity index (χ0) is 34.3. The van der Waals surface area contributed by atoms with Crippen molar-refractivity contribution in [2.75, 3.05) is 5.32 Å². The lowest BCUT2D eigenvalue weighted by Gasteiger charge is -2.22. The number of benzene rings is 2. The maximum atomic E-state index is 14.8. The molecule has 1 aliphatic rings. The van der Waals surface area contributed by atoms with Crippen LogP contribution in [0.25, 0.3) is 11.1 Å². The monoisotopic (exact) mass is 661 g/mol. The molecule has 2 aromatic carbocycles. The van der Waals surface area contributed by atoms with Crippen LogP contribution in [0.15, 0.2) is 35.3 Å². The fourth-order valence-corrected chi connectivity index (χ4v) is 5.33. The molecule has 4 rings (SSSR count). The van der Waals surface area contributed by atoms with E-state index in [1.165, 1.54) is 26.1 Å². The molecule has 8 nitrogen and oxygen atoms in total. The van der Waals surface area contributed by atoms with Crippen LogP contribution in [-0.4, -0.2) is 39.8 Å². The number of halogens is 8. The van der Waals surface area contributed by atoms with E-state index in [0.717, 1.165) is 11.5 Å². The van der Waals surface area contributed by atoms with E-state index in [-0.39, 0.29) is 35.5 Å². The maximum absolute atomic E-state index is 14.8. The zero-order valence-corrected chi connectivity index (χ0v) is 24.4. The van der Waals surface area contributed by atoms with Gasteiger partial charge in [-0.05, 0) is 53.3 Å². The second kappa shape index (κ2) is 12.7. The molecular formula is C30H27F8N3O5. The highest BCUT2D eigenvalue weighted by Crippen LogP contribution is 2.38. The predicted molar refractivity (Wildman–Crippen MR) is 148 cm³/mol. The Bertz CT molecular complexity index is 1730. The van der Waals surface area contributed by atoms with E-state index in [0.29, 0.717) is 29.5 Å². The number of amides is 1. The minimum absolute atomic E-state index is 0.106. The summed E-state index contributed by atoms with van der Waals surface area (Å²) in [7, 11) is 1.17. The van der Waals surface area contributed by atoms with E-state index in [4.69, 9.17) is 4.74 Å². The van der Waals surface area contributed by atoms with Gasteiger partial charge in [-0.1, -0.05) is 19.1 Å². The van der Waals surface area contributed by atoms with Gasteiger partial charge in [0.2, 0.25) is 0 Å². The van der Waals surface area contributed by atoms with Crippen LogP contribution in [0.5, 0.6) is 0 Å². The molecule has 0 spiro atoms. The van der Waals surface area contributed by atoms with Crippen molar-refractivity contribution in [2.24, 2.45) is 7.05 Å². The topological polar surface area (TPSA) is 110 Å². The summed E-state index contributed by atoms with van der Waals surface area (Å²) < 4.78 is 116. The van der Waals surface area contributed by atoms with Gasteiger partial charge < -0.3 is 25.0 Å². The Balaban J connectivity index is 1.65. The van der Waals surface area contributed by atoms with Gasteiger partial charge in [0.15, 0.2) is 0 Å². The largest absolute Gasteiger partial charge is 0.480 e. The Labute approximate surface area is 256 Å². The van der Waals surface area contributed by atoms with E-state index in [1.807, 2.05) is 10.6 Å². The average molecular weight is 662 g/mol. The van der Waals surface area contributed by atoms with Gasteiger partial charge in [-0.25, -0.2) is 13.6 Å². The molecule has 1 aromatic heterocycles. The number of hydrogen-bond acceptors (Lipinski definition) is 5. The summed E-state index contributed by atoms with van der Waals surface area (Å²) in [6.07, 6.45) is -9.71. The first kappa shape index (κ1) is 34.4. The number of aromatic nitrogens is 1. The summed E-state index contributed by atoms with van der Waals surface area (Å²) in [5.74, 6) is -6.19. The summed E-state index contributed by atoms with van der Waals surface area (Å²) in [5, 5.41) is 13.8. The van der Waals surface area contributed by atoms with Crippen LogP contribution in [0.3, 0.4) is 0 Å². The van der Waals surface area contributed by atoms with Crippen molar-refractivity contribution in [3.63, 3.8) is 0 Å². The van der Waals surface area contributed by atoms with Gasteiger partial charge in [-0.2, -0.15) is 26.3 Å². The van der Waals surface area contributed by atoms with Crippen molar-refractivity contribution < 1.29 is 54.6 Å². The van der Waals surface area contributed by atoms with Crippen LogP contribution in [0.2, 0.25) is 0 Å². The van der Waals surface area contributed by atoms with Crippen molar-refractivity contribution in [3.05, 3.63) is 85.8 Å². The number of carbonyl (C=O) groups is 2. The highest BCUT2D eigenvalue weighted by atomic mass is 19.4. The molecule has 2 atom stereocenters. The van der Waals surface area contributed by atoms with Gasteiger partial charge in [0.25, 0.3) is 11.5 Å². The molecule has 16 heteroatoms. The van der Waals surface area contributed by atoms with Gasteiger partial charge in [0, 0.05) is 25.4 Å². The quantitative estimate of drug-likeness (QED) is 0.248. The molecule has 2 heterocycles. The van der Waals surface area contributed by atoms with Crippen LogP contribution < -0.4 is 16.2 Å². The van der Waals surface area contributed by atoms with Crippen LogP contribution in [0.1, 0.15) is 51.5 Å². The highest BCUT2D eigenvalue weighted by molar-refractivity contribution is 5.97. The summed E-state index contributed by atoms with van der Waals surface area (Å²) in [6.45, 7) is 2.14. The lowest BCUT2D eigenvalue weighted by molar-refractivity contribution is -0.143. The number of nitrogens with zero attached hydrogens (tertiary/aromatic N) is 1. The fraction of sp³-hybridized carbons (Fsp3) is 0.367. The number of anilines is 1. The van der Waals surface area contributed by atoms with Gasteiger partial charge in [0.1, 0.15) is 29.3 Å².